The van der Waals surface area contributed by atoms with Crippen molar-refractivity contribution in [2.75, 3.05) is 0 Å². The van der Waals surface area contributed by atoms with Crippen molar-refractivity contribution in [1.82, 2.24) is 0 Å². The van der Waals surface area contributed by atoms with Gasteiger partial charge in [0.1, 0.15) is 0 Å². The van der Waals surface area contributed by atoms with E-state index in [1.807, 2.05) is 6.92 Å². The smallest absolute Gasteiger partial charge is 0.392 e. The minimum atomic E-state index is -4.44. The number of alkyl halides is 3. The number of hydrogen-bond donors (Lipinski definition) is 1. The van der Waals surface area contributed by atoms with Crippen molar-refractivity contribution >= 4 is 11.6 Å². The summed E-state index contributed by atoms with van der Waals surface area (Å²) in [5.41, 5.74) is -1.37. The minimum Gasteiger partial charge on any atom is -0.392 e. The normalized spacial score (nSPS) is 29.3. The molecule has 0 fully saturated rings. The van der Waals surface area contributed by atoms with Gasteiger partial charge >= 0.3 is 6.18 Å². The van der Waals surface area contributed by atoms with Gasteiger partial charge in [0.05, 0.1) is 11.5 Å². The van der Waals surface area contributed by atoms with E-state index >= 15 is 0 Å². The summed E-state index contributed by atoms with van der Waals surface area (Å²) in [5, 5.41) is 10.3. The van der Waals surface area contributed by atoms with Gasteiger partial charge in [-0.25, -0.2) is 0 Å². The first-order valence-corrected chi connectivity index (χ1v) is 7.66. The average Bonchev–Trinajstić information content (AvgIpc) is 2.38. The molecule has 1 aliphatic carbocycles. The zero-order chi connectivity index (χ0) is 15.8. The summed E-state index contributed by atoms with van der Waals surface area (Å²) in [5.74, 6) is -0.906. The van der Waals surface area contributed by atoms with Crippen molar-refractivity contribution in [2.45, 2.75) is 57.2 Å². The fourth-order valence-electron chi connectivity index (χ4n) is 3.55. The summed E-state index contributed by atoms with van der Waals surface area (Å²) >= 11 is 6.14. The minimum absolute atomic E-state index is 0.0397. The van der Waals surface area contributed by atoms with Crippen LogP contribution in [0, 0.1) is 5.92 Å². The third-order valence-corrected chi connectivity index (χ3v) is 5.08. The molecule has 1 N–H and O–H groups in total. The van der Waals surface area contributed by atoms with E-state index in [0.29, 0.717) is 18.4 Å². The van der Waals surface area contributed by atoms with Crippen LogP contribution < -0.4 is 0 Å². The molecule has 2 rings (SSSR count). The Morgan fingerprint density at radius 2 is 2.05 bits per heavy atom. The predicted octanol–water partition coefficient (Wildman–Crippen LogP) is 4.88. The Morgan fingerprint density at radius 1 is 1.38 bits per heavy atom. The molecule has 21 heavy (non-hydrogen) atoms. The number of benzene rings is 1. The Bertz CT molecular complexity index is 515. The lowest BCUT2D eigenvalue weighted by molar-refractivity contribution is -0.220. The van der Waals surface area contributed by atoms with E-state index in [9.17, 15) is 18.3 Å². The molecule has 1 aromatic rings. The predicted molar refractivity (Wildman–Crippen MR) is 77.6 cm³/mol. The highest BCUT2D eigenvalue weighted by atomic mass is 35.5. The summed E-state index contributed by atoms with van der Waals surface area (Å²) in [7, 11) is 0. The maximum Gasteiger partial charge on any atom is 0.398 e. The molecule has 0 bridgehead atoms. The van der Waals surface area contributed by atoms with Crippen molar-refractivity contribution in [3.05, 3.63) is 34.3 Å². The van der Waals surface area contributed by atoms with Gasteiger partial charge in [0, 0.05) is 10.9 Å². The first kappa shape index (κ1) is 16.6. The largest absolute Gasteiger partial charge is 0.398 e. The third-order valence-electron chi connectivity index (χ3n) is 4.76. The van der Waals surface area contributed by atoms with Crippen molar-refractivity contribution in [3.8, 4) is 0 Å². The van der Waals surface area contributed by atoms with Crippen LogP contribution in [0.4, 0.5) is 13.2 Å². The van der Waals surface area contributed by atoms with Crippen LogP contribution in [-0.2, 0) is 11.8 Å². The summed E-state index contributed by atoms with van der Waals surface area (Å²) in [6.45, 7) is 3.35. The molecule has 3 unspecified atom stereocenters. The molecule has 118 valence electrons. The molecule has 1 nitrogen and oxygen atoms in total. The second-order valence-corrected chi connectivity index (χ2v) is 6.31. The van der Waals surface area contributed by atoms with Crippen molar-refractivity contribution < 1.29 is 18.3 Å². The molecule has 0 aliphatic heterocycles. The number of aliphatic hydroxyl groups is 1. The topological polar surface area (TPSA) is 20.2 Å². The highest BCUT2D eigenvalue weighted by molar-refractivity contribution is 6.31. The lowest BCUT2D eigenvalue weighted by Gasteiger charge is -2.48. The van der Waals surface area contributed by atoms with E-state index in [1.54, 1.807) is 12.1 Å². The van der Waals surface area contributed by atoms with Gasteiger partial charge in [-0.2, -0.15) is 13.2 Å². The van der Waals surface area contributed by atoms with Gasteiger partial charge in [0.25, 0.3) is 0 Å². The van der Waals surface area contributed by atoms with E-state index in [4.69, 9.17) is 11.6 Å². The fourth-order valence-corrected chi connectivity index (χ4v) is 3.91. The van der Waals surface area contributed by atoms with Crippen molar-refractivity contribution in [3.63, 3.8) is 0 Å². The quantitative estimate of drug-likeness (QED) is 0.841. The number of hydrogen-bond acceptors (Lipinski definition) is 1. The van der Waals surface area contributed by atoms with Gasteiger partial charge in [-0.15, -0.1) is 0 Å². The standard InChI is InChI=1S/C16H20ClF3O/c1-3-4-8-15(16(18,19)20)10(2)13(21)9-11-6-5-7-12(17)14(11)15/h5-7,10,13,21H,3-4,8-9H2,1-2H3. The van der Waals surface area contributed by atoms with E-state index in [-0.39, 0.29) is 23.4 Å². The third kappa shape index (κ3) is 2.57. The maximum atomic E-state index is 14.0. The van der Waals surface area contributed by atoms with E-state index in [1.165, 1.54) is 13.0 Å². The van der Waals surface area contributed by atoms with Gasteiger partial charge < -0.3 is 5.11 Å². The highest BCUT2D eigenvalue weighted by Crippen LogP contribution is 2.56. The first-order chi connectivity index (χ1) is 9.75. The molecule has 1 aliphatic rings. The van der Waals surface area contributed by atoms with E-state index < -0.39 is 23.6 Å². The number of halogens is 4. The Labute approximate surface area is 128 Å². The summed E-state index contributed by atoms with van der Waals surface area (Å²) in [6, 6.07) is 4.80. The van der Waals surface area contributed by atoms with Crippen LogP contribution in [0.3, 0.4) is 0 Å². The lowest BCUT2D eigenvalue weighted by atomic mass is 9.60. The number of fused-ring (bicyclic) bond motifs is 1. The SMILES string of the molecule is CCCCC1(C(F)(F)F)c2c(Cl)cccc2CC(O)C1C. The molecular formula is C16H20ClF3O. The van der Waals surface area contributed by atoms with Gasteiger partial charge in [-0.05, 0) is 30.0 Å². The Balaban J connectivity index is 2.71. The monoisotopic (exact) mass is 320 g/mol. The highest BCUT2D eigenvalue weighted by Gasteiger charge is 2.62. The van der Waals surface area contributed by atoms with Crippen LogP contribution in [0.25, 0.3) is 0 Å². The Morgan fingerprint density at radius 3 is 2.62 bits per heavy atom. The van der Waals surface area contributed by atoms with Crippen LogP contribution in [0.2, 0.25) is 5.02 Å². The van der Waals surface area contributed by atoms with Crippen LogP contribution >= 0.6 is 11.6 Å². The van der Waals surface area contributed by atoms with Crippen molar-refractivity contribution in [1.29, 1.82) is 0 Å². The number of unbranched alkanes of at least 4 members (excludes halogenated alkanes) is 1. The zero-order valence-corrected chi connectivity index (χ0v) is 12.9. The van der Waals surface area contributed by atoms with Crippen LogP contribution in [-0.4, -0.2) is 17.4 Å². The molecular weight excluding hydrogens is 301 g/mol. The van der Waals surface area contributed by atoms with E-state index in [2.05, 4.69) is 0 Å². The molecule has 0 amide bonds. The Kier molecular flexibility index (Phi) is 4.60. The zero-order valence-electron chi connectivity index (χ0n) is 12.2. The molecule has 1 aromatic carbocycles. The molecule has 0 radical (unpaired) electrons. The summed E-state index contributed by atoms with van der Waals surface area (Å²) in [4.78, 5) is 0. The van der Waals surface area contributed by atoms with Gasteiger partial charge in [-0.3, -0.25) is 0 Å². The molecule has 0 aromatic heterocycles. The second kappa shape index (κ2) is 5.81. The van der Waals surface area contributed by atoms with E-state index in [0.717, 1.165) is 0 Å². The molecule has 5 heteroatoms. The molecule has 0 spiro atoms. The molecule has 0 heterocycles. The van der Waals surface area contributed by atoms with Gasteiger partial charge in [-0.1, -0.05) is 50.4 Å². The molecule has 0 saturated carbocycles. The van der Waals surface area contributed by atoms with Crippen LogP contribution in [0.5, 0.6) is 0 Å². The lowest BCUT2D eigenvalue weighted by Crippen LogP contribution is -2.55. The number of rotatable bonds is 3. The fraction of sp³-hybridized carbons (Fsp3) is 0.625. The van der Waals surface area contributed by atoms with Gasteiger partial charge in [0.2, 0.25) is 0 Å². The summed E-state index contributed by atoms with van der Waals surface area (Å²) < 4.78 is 42.1. The number of aliphatic hydroxyl groups excluding tert-OH is 1. The van der Waals surface area contributed by atoms with Gasteiger partial charge in [0.15, 0.2) is 0 Å². The Hall–Kier alpha value is -0.740. The average molecular weight is 321 g/mol. The summed E-state index contributed by atoms with van der Waals surface area (Å²) in [6.07, 6.45) is -4.15. The van der Waals surface area contributed by atoms with Crippen LogP contribution in [0.15, 0.2) is 18.2 Å². The maximum absolute atomic E-state index is 14.0. The molecule has 0 saturated heterocycles. The first-order valence-electron chi connectivity index (χ1n) is 7.28. The van der Waals surface area contributed by atoms with Crippen molar-refractivity contribution in [2.24, 2.45) is 5.92 Å². The molecule has 3 atom stereocenters. The van der Waals surface area contributed by atoms with Crippen LogP contribution in [0.1, 0.15) is 44.2 Å². The second-order valence-electron chi connectivity index (χ2n) is 5.91.